The van der Waals surface area contributed by atoms with Gasteiger partial charge in [0.1, 0.15) is 5.25 Å². The van der Waals surface area contributed by atoms with E-state index in [2.05, 4.69) is 5.32 Å². The maximum absolute atomic E-state index is 11.9. The fourth-order valence-electron chi connectivity index (χ4n) is 2.05. The molecule has 0 aromatic heterocycles. The Labute approximate surface area is 103 Å². The highest BCUT2D eigenvalue weighted by molar-refractivity contribution is 7.92. The van der Waals surface area contributed by atoms with Gasteiger partial charge in [-0.25, -0.2) is 8.42 Å². The topological polar surface area (TPSA) is 66.5 Å². The minimum Gasteiger partial charge on any atom is -0.344 e. The summed E-state index contributed by atoms with van der Waals surface area (Å²) >= 11 is 0. The second-order valence-electron chi connectivity index (χ2n) is 4.90. The van der Waals surface area contributed by atoms with Crippen molar-refractivity contribution in [2.45, 2.75) is 25.0 Å². The van der Waals surface area contributed by atoms with Crippen molar-refractivity contribution in [2.24, 2.45) is 5.92 Å². The third-order valence-electron chi connectivity index (χ3n) is 3.30. The number of nitrogens with zero attached hydrogens (tertiary/aromatic N) is 1. The predicted molar refractivity (Wildman–Crippen MR) is 67.5 cm³/mol. The molecule has 0 spiro atoms. The van der Waals surface area contributed by atoms with Crippen LogP contribution in [0.5, 0.6) is 0 Å². The van der Waals surface area contributed by atoms with Gasteiger partial charge in [-0.1, -0.05) is 0 Å². The Morgan fingerprint density at radius 1 is 1.53 bits per heavy atom. The van der Waals surface area contributed by atoms with Gasteiger partial charge in [0.15, 0.2) is 9.84 Å². The van der Waals surface area contributed by atoms with Crippen LogP contribution in [-0.4, -0.2) is 57.4 Å². The minimum atomic E-state index is -3.29. The first-order valence-corrected chi connectivity index (χ1v) is 7.92. The first-order chi connectivity index (χ1) is 7.82. The molecule has 0 aliphatic carbocycles. The number of nitrogens with one attached hydrogen (secondary N) is 1. The second kappa shape index (κ2) is 5.82. The number of amides is 1. The van der Waals surface area contributed by atoms with Gasteiger partial charge < -0.3 is 10.2 Å². The van der Waals surface area contributed by atoms with Crippen LogP contribution in [0.25, 0.3) is 0 Å². The summed E-state index contributed by atoms with van der Waals surface area (Å²) in [6, 6.07) is 0. The molecule has 1 aliphatic rings. The second-order valence-corrected chi connectivity index (χ2v) is 7.27. The van der Waals surface area contributed by atoms with Gasteiger partial charge in [0.2, 0.25) is 5.91 Å². The van der Waals surface area contributed by atoms with E-state index in [-0.39, 0.29) is 5.91 Å². The molecule has 1 fully saturated rings. The Kier molecular flexibility index (Phi) is 4.94. The highest BCUT2D eigenvalue weighted by Gasteiger charge is 2.27. The van der Waals surface area contributed by atoms with Crippen LogP contribution in [0.15, 0.2) is 0 Å². The molecule has 0 bridgehead atoms. The van der Waals surface area contributed by atoms with E-state index in [0.29, 0.717) is 12.5 Å². The summed E-state index contributed by atoms with van der Waals surface area (Å²) < 4.78 is 22.6. The molecular weight excluding hydrogens is 240 g/mol. The average molecular weight is 262 g/mol. The highest BCUT2D eigenvalue weighted by atomic mass is 32.2. The van der Waals surface area contributed by atoms with E-state index in [1.54, 1.807) is 11.9 Å². The first-order valence-electron chi connectivity index (χ1n) is 5.97. The van der Waals surface area contributed by atoms with Crippen LogP contribution < -0.4 is 5.32 Å². The standard InChI is InChI=1S/C11H22N2O3S/c1-9(17(3,15)16)11(14)13(2)8-10-5-4-6-12-7-10/h9-10,12H,4-8H2,1-3H3. The van der Waals surface area contributed by atoms with Crippen LogP contribution in [0.4, 0.5) is 0 Å². The van der Waals surface area contributed by atoms with E-state index in [0.717, 1.165) is 32.2 Å². The Morgan fingerprint density at radius 2 is 2.18 bits per heavy atom. The molecule has 1 rings (SSSR count). The Bertz CT molecular complexity index is 361. The molecule has 1 heterocycles. The molecular formula is C11H22N2O3S. The molecule has 0 aromatic rings. The van der Waals surface area contributed by atoms with Crippen molar-refractivity contribution in [1.29, 1.82) is 0 Å². The van der Waals surface area contributed by atoms with Gasteiger partial charge in [-0.15, -0.1) is 0 Å². The smallest absolute Gasteiger partial charge is 0.240 e. The monoisotopic (exact) mass is 262 g/mol. The summed E-state index contributed by atoms with van der Waals surface area (Å²) in [5, 5.41) is 2.34. The molecule has 0 radical (unpaired) electrons. The summed E-state index contributed by atoms with van der Waals surface area (Å²) in [6.07, 6.45) is 3.32. The fourth-order valence-corrected chi connectivity index (χ4v) is 2.60. The van der Waals surface area contributed by atoms with Gasteiger partial charge >= 0.3 is 0 Å². The molecule has 1 aliphatic heterocycles. The molecule has 1 saturated heterocycles. The Morgan fingerprint density at radius 3 is 2.65 bits per heavy atom. The van der Waals surface area contributed by atoms with Crippen molar-refractivity contribution in [3.8, 4) is 0 Å². The summed E-state index contributed by atoms with van der Waals surface area (Å²) in [6.45, 7) is 4.03. The summed E-state index contributed by atoms with van der Waals surface area (Å²) in [7, 11) is -1.62. The quantitative estimate of drug-likeness (QED) is 0.767. The molecule has 17 heavy (non-hydrogen) atoms. The number of carbonyl (C=O) groups is 1. The van der Waals surface area contributed by atoms with Crippen molar-refractivity contribution in [2.75, 3.05) is 32.9 Å². The normalized spacial score (nSPS) is 23.1. The highest BCUT2D eigenvalue weighted by Crippen LogP contribution is 2.12. The van der Waals surface area contributed by atoms with Crippen LogP contribution in [0, 0.1) is 5.92 Å². The Balaban J connectivity index is 2.51. The lowest BCUT2D eigenvalue weighted by Crippen LogP contribution is -2.44. The van der Waals surface area contributed by atoms with E-state index in [1.165, 1.54) is 6.92 Å². The van der Waals surface area contributed by atoms with Crippen LogP contribution in [-0.2, 0) is 14.6 Å². The van der Waals surface area contributed by atoms with Crippen molar-refractivity contribution in [3.63, 3.8) is 0 Å². The lowest BCUT2D eigenvalue weighted by Gasteiger charge is -2.28. The molecule has 6 heteroatoms. The van der Waals surface area contributed by atoms with Crippen LogP contribution in [0.2, 0.25) is 0 Å². The number of carbonyl (C=O) groups excluding carboxylic acids is 1. The van der Waals surface area contributed by atoms with Gasteiger partial charge in [0, 0.05) is 19.8 Å². The van der Waals surface area contributed by atoms with E-state index >= 15 is 0 Å². The molecule has 5 nitrogen and oxygen atoms in total. The Hall–Kier alpha value is -0.620. The van der Waals surface area contributed by atoms with E-state index in [9.17, 15) is 13.2 Å². The molecule has 0 aromatic carbocycles. The fraction of sp³-hybridized carbons (Fsp3) is 0.909. The number of hydrogen-bond acceptors (Lipinski definition) is 4. The molecule has 1 amide bonds. The molecule has 0 saturated carbocycles. The maximum atomic E-state index is 11.9. The first kappa shape index (κ1) is 14.4. The maximum Gasteiger partial charge on any atom is 0.240 e. The van der Waals surface area contributed by atoms with E-state index in [4.69, 9.17) is 0 Å². The summed E-state index contributed by atoms with van der Waals surface area (Å²) in [4.78, 5) is 13.4. The molecule has 2 atom stereocenters. The van der Waals surface area contributed by atoms with Gasteiger partial charge in [-0.3, -0.25) is 4.79 Å². The zero-order chi connectivity index (χ0) is 13.1. The van der Waals surface area contributed by atoms with Crippen LogP contribution >= 0.6 is 0 Å². The van der Waals surface area contributed by atoms with Gasteiger partial charge in [0.25, 0.3) is 0 Å². The number of hydrogen-bond donors (Lipinski definition) is 1. The van der Waals surface area contributed by atoms with Crippen LogP contribution in [0.3, 0.4) is 0 Å². The third-order valence-corrected chi connectivity index (χ3v) is 4.78. The van der Waals surface area contributed by atoms with Crippen LogP contribution in [0.1, 0.15) is 19.8 Å². The molecule has 1 N–H and O–H groups in total. The number of sulfone groups is 1. The van der Waals surface area contributed by atoms with E-state index < -0.39 is 15.1 Å². The largest absolute Gasteiger partial charge is 0.344 e. The van der Waals surface area contributed by atoms with E-state index in [1.807, 2.05) is 0 Å². The van der Waals surface area contributed by atoms with Crippen molar-refractivity contribution < 1.29 is 13.2 Å². The number of piperidine rings is 1. The molecule has 2 unspecified atom stereocenters. The van der Waals surface area contributed by atoms with Crippen molar-refractivity contribution in [1.82, 2.24) is 10.2 Å². The predicted octanol–water partition coefficient (Wildman–Crippen LogP) is -0.122. The third kappa shape index (κ3) is 4.27. The van der Waals surface area contributed by atoms with Gasteiger partial charge in [-0.05, 0) is 38.8 Å². The molecule has 100 valence electrons. The zero-order valence-electron chi connectivity index (χ0n) is 10.8. The summed E-state index contributed by atoms with van der Waals surface area (Å²) in [5.41, 5.74) is 0. The zero-order valence-corrected chi connectivity index (χ0v) is 11.6. The van der Waals surface area contributed by atoms with Crippen molar-refractivity contribution >= 4 is 15.7 Å². The summed E-state index contributed by atoms with van der Waals surface area (Å²) in [5.74, 6) is 0.127. The lowest BCUT2D eigenvalue weighted by molar-refractivity contribution is -0.129. The van der Waals surface area contributed by atoms with Gasteiger partial charge in [0.05, 0.1) is 0 Å². The number of rotatable bonds is 4. The minimum absolute atomic E-state index is 0.307. The van der Waals surface area contributed by atoms with Crippen molar-refractivity contribution in [3.05, 3.63) is 0 Å². The average Bonchev–Trinajstić information content (AvgIpc) is 2.27. The SMILES string of the molecule is CC(C(=O)N(C)CC1CCCNC1)S(C)(=O)=O. The lowest BCUT2D eigenvalue weighted by atomic mass is 9.99. The van der Waals surface area contributed by atoms with Gasteiger partial charge in [-0.2, -0.15) is 0 Å².